The fraction of sp³-hybridized carbons (Fsp3) is 1.00. The summed E-state index contributed by atoms with van der Waals surface area (Å²) >= 11 is 9.21. The lowest BCUT2D eigenvalue weighted by Crippen LogP contribution is -2.41. The summed E-state index contributed by atoms with van der Waals surface area (Å²) in [7, 11) is 0. The molecule has 0 aromatic rings. The van der Waals surface area contributed by atoms with Crippen LogP contribution in [0.15, 0.2) is 0 Å². The Labute approximate surface area is 138 Å². The molecule has 0 spiro atoms. The third-order valence-electron chi connectivity index (χ3n) is 3.10. The summed E-state index contributed by atoms with van der Waals surface area (Å²) in [6, 6.07) is 0. The second-order valence-electron chi connectivity index (χ2n) is 7.14. The quantitative estimate of drug-likeness (QED) is 0.374. The van der Waals surface area contributed by atoms with Crippen LogP contribution in [-0.4, -0.2) is 47.1 Å². The van der Waals surface area contributed by atoms with Crippen LogP contribution in [-0.2, 0) is 0 Å². The van der Waals surface area contributed by atoms with Crippen LogP contribution in [0.1, 0.15) is 60.3 Å². The molecule has 0 radical (unpaired) electrons. The maximum atomic E-state index is 4.67. The van der Waals surface area contributed by atoms with Crippen molar-refractivity contribution in [3.63, 3.8) is 0 Å². The van der Waals surface area contributed by atoms with Gasteiger partial charge in [-0.2, -0.15) is 25.3 Å². The average molecular weight is 321 g/mol. The van der Waals surface area contributed by atoms with Crippen LogP contribution in [0.3, 0.4) is 0 Å². The fourth-order valence-corrected chi connectivity index (χ4v) is 2.52. The highest BCUT2D eigenvalue weighted by Gasteiger charge is 2.17. The Hall–Kier alpha value is 0.620. The Balaban J connectivity index is 3.98. The zero-order chi connectivity index (χ0) is 15.6. The predicted octanol–water partition coefficient (Wildman–Crippen LogP) is 3.88. The molecule has 0 amide bonds. The van der Waals surface area contributed by atoms with Crippen molar-refractivity contribution in [2.75, 3.05) is 32.7 Å². The van der Waals surface area contributed by atoms with Gasteiger partial charge in [0.25, 0.3) is 0 Å². The highest BCUT2D eigenvalue weighted by atomic mass is 32.1. The number of thiol groups is 2. The lowest BCUT2D eigenvalue weighted by molar-refractivity contribution is 0.249. The lowest BCUT2D eigenvalue weighted by Gasteiger charge is -2.30. The van der Waals surface area contributed by atoms with E-state index in [1.165, 1.54) is 32.2 Å². The number of unbranched alkanes of at least 4 members (excludes halogenated alkanes) is 3. The van der Waals surface area contributed by atoms with Gasteiger partial charge in [-0.15, -0.1) is 0 Å². The van der Waals surface area contributed by atoms with E-state index in [-0.39, 0.29) is 9.49 Å². The first kappa shape index (κ1) is 20.6. The molecule has 2 nitrogen and oxygen atoms in total. The number of nitrogens with one attached hydrogen (secondary N) is 1. The van der Waals surface area contributed by atoms with Crippen LogP contribution in [0.2, 0.25) is 0 Å². The second kappa shape index (κ2) is 10.4. The molecule has 0 saturated heterocycles. The van der Waals surface area contributed by atoms with Gasteiger partial charge in [-0.25, -0.2) is 0 Å². The molecule has 1 N–H and O–H groups in total. The Morgan fingerprint density at radius 1 is 0.900 bits per heavy atom. The van der Waals surface area contributed by atoms with Gasteiger partial charge < -0.3 is 10.2 Å². The minimum atomic E-state index is 0.0643. The molecule has 0 rings (SSSR count). The van der Waals surface area contributed by atoms with Gasteiger partial charge in [-0.05, 0) is 40.7 Å². The van der Waals surface area contributed by atoms with Gasteiger partial charge in [0.15, 0.2) is 0 Å². The van der Waals surface area contributed by atoms with Gasteiger partial charge >= 0.3 is 0 Å². The Morgan fingerprint density at radius 3 is 2.05 bits per heavy atom. The summed E-state index contributed by atoms with van der Waals surface area (Å²) in [4.78, 5) is 2.54. The van der Waals surface area contributed by atoms with E-state index in [1.807, 2.05) is 0 Å². The van der Waals surface area contributed by atoms with Crippen molar-refractivity contribution in [1.82, 2.24) is 10.2 Å². The average Bonchev–Trinajstić information content (AvgIpc) is 2.26. The Kier molecular flexibility index (Phi) is 10.7. The molecule has 0 bridgehead atoms. The molecule has 0 aliphatic carbocycles. The van der Waals surface area contributed by atoms with Crippen molar-refractivity contribution < 1.29 is 0 Å². The third kappa shape index (κ3) is 15.0. The zero-order valence-electron chi connectivity index (χ0n) is 14.2. The molecule has 20 heavy (non-hydrogen) atoms. The highest BCUT2D eigenvalue weighted by molar-refractivity contribution is 7.82. The molecule has 122 valence electrons. The van der Waals surface area contributed by atoms with E-state index in [0.29, 0.717) is 0 Å². The summed E-state index contributed by atoms with van der Waals surface area (Å²) in [6.45, 7) is 16.2. The SMILES string of the molecule is CCCCCCN(CCNCC(C)(C)S)CC(C)(C)S. The van der Waals surface area contributed by atoms with Gasteiger partial charge in [0.05, 0.1) is 0 Å². The van der Waals surface area contributed by atoms with Gasteiger partial charge in [-0.1, -0.05) is 26.2 Å². The van der Waals surface area contributed by atoms with E-state index in [4.69, 9.17) is 0 Å². The molecule has 0 aliphatic heterocycles. The largest absolute Gasteiger partial charge is 0.314 e. The second-order valence-corrected chi connectivity index (χ2v) is 9.56. The van der Waals surface area contributed by atoms with Crippen LogP contribution in [0.25, 0.3) is 0 Å². The van der Waals surface area contributed by atoms with E-state index in [1.54, 1.807) is 0 Å². The summed E-state index contributed by atoms with van der Waals surface area (Å²) in [6.07, 6.45) is 5.30. The molecule has 0 heterocycles. The van der Waals surface area contributed by atoms with Crippen LogP contribution < -0.4 is 5.32 Å². The van der Waals surface area contributed by atoms with Crippen molar-refractivity contribution >= 4 is 25.3 Å². The first-order chi connectivity index (χ1) is 9.14. The van der Waals surface area contributed by atoms with E-state index < -0.39 is 0 Å². The molecule has 0 aromatic carbocycles. The summed E-state index contributed by atoms with van der Waals surface area (Å²) in [5, 5.41) is 3.50. The van der Waals surface area contributed by atoms with E-state index >= 15 is 0 Å². The number of hydrogen-bond acceptors (Lipinski definition) is 4. The van der Waals surface area contributed by atoms with E-state index in [9.17, 15) is 0 Å². The van der Waals surface area contributed by atoms with Crippen LogP contribution in [0.5, 0.6) is 0 Å². The summed E-state index contributed by atoms with van der Waals surface area (Å²) in [5.41, 5.74) is 0. The standard InChI is InChI=1S/C16H36N2S2/c1-6-7-8-9-11-18(14-16(4,5)20)12-10-17-13-15(2,3)19/h17,19-20H,6-14H2,1-5H3. The molecule has 0 aliphatic rings. The van der Waals surface area contributed by atoms with Gasteiger partial charge in [0.2, 0.25) is 0 Å². The number of rotatable bonds is 12. The maximum Gasteiger partial charge on any atom is 0.0200 e. The third-order valence-corrected chi connectivity index (χ3v) is 3.40. The van der Waals surface area contributed by atoms with Crippen molar-refractivity contribution in [3.05, 3.63) is 0 Å². The highest BCUT2D eigenvalue weighted by Crippen LogP contribution is 2.14. The van der Waals surface area contributed by atoms with E-state index in [0.717, 1.165) is 26.2 Å². The predicted molar refractivity (Wildman–Crippen MR) is 99.6 cm³/mol. The molecule has 0 atom stereocenters. The first-order valence-electron chi connectivity index (χ1n) is 8.02. The van der Waals surface area contributed by atoms with Gasteiger partial charge in [0, 0.05) is 35.7 Å². The smallest absolute Gasteiger partial charge is 0.0200 e. The van der Waals surface area contributed by atoms with Crippen LogP contribution in [0, 0.1) is 0 Å². The zero-order valence-corrected chi connectivity index (χ0v) is 16.0. The van der Waals surface area contributed by atoms with Crippen molar-refractivity contribution in [3.8, 4) is 0 Å². The van der Waals surface area contributed by atoms with Crippen LogP contribution >= 0.6 is 25.3 Å². The van der Waals surface area contributed by atoms with Crippen molar-refractivity contribution in [2.45, 2.75) is 69.8 Å². The normalized spacial score (nSPS) is 13.2. The monoisotopic (exact) mass is 320 g/mol. The van der Waals surface area contributed by atoms with Crippen molar-refractivity contribution in [1.29, 1.82) is 0 Å². The number of nitrogens with zero attached hydrogens (tertiary/aromatic N) is 1. The lowest BCUT2D eigenvalue weighted by atomic mass is 10.1. The van der Waals surface area contributed by atoms with Gasteiger partial charge in [0.1, 0.15) is 0 Å². The molecular formula is C16H36N2S2. The first-order valence-corrected chi connectivity index (χ1v) is 8.91. The minimum Gasteiger partial charge on any atom is -0.314 e. The van der Waals surface area contributed by atoms with E-state index in [2.05, 4.69) is 70.1 Å². The number of hydrogen-bond donors (Lipinski definition) is 3. The summed E-state index contributed by atoms with van der Waals surface area (Å²) < 4.78 is 0.141. The molecular weight excluding hydrogens is 284 g/mol. The molecule has 4 heteroatoms. The molecule has 0 fully saturated rings. The molecule has 0 aromatic heterocycles. The fourth-order valence-electron chi connectivity index (χ4n) is 2.21. The molecule has 0 saturated carbocycles. The maximum absolute atomic E-state index is 4.67. The van der Waals surface area contributed by atoms with Crippen LogP contribution in [0.4, 0.5) is 0 Å². The van der Waals surface area contributed by atoms with Crippen molar-refractivity contribution in [2.24, 2.45) is 0 Å². The Bertz CT molecular complexity index is 232. The molecule has 0 unspecified atom stereocenters. The minimum absolute atomic E-state index is 0.0643. The topological polar surface area (TPSA) is 15.3 Å². The van der Waals surface area contributed by atoms with Gasteiger partial charge in [-0.3, -0.25) is 0 Å². The Morgan fingerprint density at radius 2 is 1.55 bits per heavy atom. The summed E-state index contributed by atoms with van der Waals surface area (Å²) in [5.74, 6) is 0.